The fourth-order valence-electron chi connectivity index (χ4n) is 2.36. The minimum absolute atomic E-state index is 0.0633. The van der Waals surface area contributed by atoms with Crippen molar-refractivity contribution in [1.29, 1.82) is 0 Å². The van der Waals surface area contributed by atoms with Gasteiger partial charge in [-0.15, -0.1) is 0 Å². The van der Waals surface area contributed by atoms with E-state index in [0.29, 0.717) is 15.9 Å². The molecule has 0 aliphatic heterocycles. The second-order valence-corrected chi connectivity index (χ2v) is 7.14. The average Bonchev–Trinajstić information content (AvgIpc) is 2.99. The van der Waals surface area contributed by atoms with Crippen LogP contribution in [-0.4, -0.2) is 27.7 Å². The largest absolute Gasteiger partial charge is 0.333 e. The highest BCUT2D eigenvalue weighted by molar-refractivity contribution is 7.99. The number of aromatic nitrogens is 2. The van der Waals surface area contributed by atoms with E-state index in [1.807, 2.05) is 26.0 Å². The van der Waals surface area contributed by atoms with Gasteiger partial charge in [0, 0.05) is 10.7 Å². The lowest BCUT2D eigenvalue weighted by Crippen LogP contribution is -2.35. The number of aromatic amines is 1. The molecule has 3 N–H and O–H groups in total. The van der Waals surface area contributed by atoms with E-state index in [1.165, 1.54) is 11.8 Å². The first-order valence-electron chi connectivity index (χ1n) is 7.87. The zero-order valence-corrected chi connectivity index (χ0v) is 15.8. The molecular formula is C18H17ClN4O2S. The van der Waals surface area contributed by atoms with Crippen molar-refractivity contribution < 1.29 is 9.59 Å². The SMILES string of the molecule is Cc1cccc(NC(=O)NC(=O)CSc2nc3ccc(Cl)cc3[nH]2)c1C. The van der Waals surface area contributed by atoms with E-state index in [4.69, 9.17) is 11.6 Å². The molecule has 0 aliphatic carbocycles. The third-order valence-corrected chi connectivity index (χ3v) is 4.98. The third-order valence-electron chi connectivity index (χ3n) is 3.87. The van der Waals surface area contributed by atoms with Gasteiger partial charge in [-0.05, 0) is 49.2 Å². The topological polar surface area (TPSA) is 86.9 Å². The fraction of sp³-hybridized carbons (Fsp3) is 0.167. The van der Waals surface area contributed by atoms with Gasteiger partial charge in [0.05, 0.1) is 16.8 Å². The Morgan fingerprint density at radius 2 is 2.04 bits per heavy atom. The summed E-state index contributed by atoms with van der Waals surface area (Å²) in [6, 6.07) is 10.4. The lowest BCUT2D eigenvalue weighted by Gasteiger charge is -2.10. The molecule has 8 heteroatoms. The van der Waals surface area contributed by atoms with Crippen molar-refractivity contribution in [2.75, 3.05) is 11.1 Å². The van der Waals surface area contributed by atoms with E-state index in [-0.39, 0.29) is 5.75 Å². The first-order valence-corrected chi connectivity index (χ1v) is 9.24. The van der Waals surface area contributed by atoms with Crippen molar-refractivity contribution in [3.63, 3.8) is 0 Å². The van der Waals surface area contributed by atoms with Gasteiger partial charge in [-0.1, -0.05) is 35.5 Å². The Hall–Kier alpha value is -2.51. The molecule has 0 fully saturated rings. The number of nitrogens with zero attached hydrogens (tertiary/aromatic N) is 1. The molecule has 0 spiro atoms. The lowest BCUT2D eigenvalue weighted by atomic mass is 10.1. The molecule has 1 heterocycles. The molecule has 6 nitrogen and oxygen atoms in total. The number of benzene rings is 2. The summed E-state index contributed by atoms with van der Waals surface area (Å²) in [6.45, 7) is 3.87. The molecule has 26 heavy (non-hydrogen) atoms. The molecule has 0 bridgehead atoms. The van der Waals surface area contributed by atoms with E-state index in [1.54, 1.807) is 24.3 Å². The monoisotopic (exact) mass is 388 g/mol. The van der Waals surface area contributed by atoms with Crippen molar-refractivity contribution in [1.82, 2.24) is 15.3 Å². The Bertz CT molecular complexity index is 986. The number of urea groups is 1. The Labute approximate surface area is 159 Å². The van der Waals surface area contributed by atoms with Crippen LogP contribution in [0.5, 0.6) is 0 Å². The summed E-state index contributed by atoms with van der Waals surface area (Å²) in [7, 11) is 0. The standard InChI is InChI=1S/C18H17ClN4O2S/c1-10-4-3-5-13(11(10)2)20-17(25)23-16(24)9-26-18-21-14-7-6-12(19)8-15(14)22-18/h3-8H,9H2,1-2H3,(H,21,22)(H2,20,23,24,25). The molecule has 0 saturated carbocycles. The van der Waals surface area contributed by atoms with Crippen LogP contribution in [0, 0.1) is 13.8 Å². The van der Waals surface area contributed by atoms with Gasteiger partial charge in [0.2, 0.25) is 5.91 Å². The molecule has 3 aromatic rings. The smallest absolute Gasteiger partial charge is 0.325 e. The van der Waals surface area contributed by atoms with Crippen LogP contribution >= 0.6 is 23.4 Å². The molecule has 134 valence electrons. The third kappa shape index (κ3) is 4.36. The first-order chi connectivity index (χ1) is 12.4. The number of aryl methyl sites for hydroxylation is 1. The maximum absolute atomic E-state index is 12.0. The number of rotatable bonds is 4. The van der Waals surface area contributed by atoms with Gasteiger partial charge in [-0.2, -0.15) is 0 Å². The molecule has 3 amide bonds. The zero-order chi connectivity index (χ0) is 18.7. The van der Waals surface area contributed by atoms with E-state index in [9.17, 15) is 9.59 Å². The maximum Gasteiger partial charge on any atom is 0.325 e. The summed E-state index contributed by atoms with van der Waals surface area (Å²) < 4.78 is 0. The summed E-state index contributed by atoms with van der Waals surface area (Å²) in [5.41, 5.74) is 4.27. The van der Waals surface area contributed by atoms with Crippen LogP contribution < -0.4 is 10.6 Å². The Morgan fingerprint density at radius 1 is 1.23 bits per heavy atom. The number of imide groups is 1. The van der Waals surface area contributed by atoms with Crippen LogP contribution in [0.25, 0.3) is 11.0 Å². The Balaban J connectivity index is 1.54. The highest BCUT2D eigenvalue weighted by Crippen LogP contribution is 2.22. The highest BCUT2D eigenvalue weighted by Gasteiger charge is 2.12. The van der Waals surface area contributed by atoms with Crippen molar-refractivity contribution in [2.24, 2.45) is 0 Å². The number of hydrogen-bond acceptors (Lipinski definition) is 4. The number of fused-ring (bicyclic) bond motifs is 1. The first kappa shape index (κ1) is 18.3. The Morgan fingerprint density at radius 3 is 2.85 bits per heavy atom. The van der Waals surface area contributed by atoms with Crippen molar-refractivity contribution in [2.45, 2.75) is 19.0 Å². The molecule has 0 aliphatic rings. The number of H-pyrrole nitrogens is 1. The summed E-state index contributed by atoms with van der Waals surface area (Å²) in [5, 5.41) is 6.21. The second kappa shape index (κ2) is 7.80. The van der Waals surface area contributed by atoms with Gasteiger partial charge in [0.1, 0.15) is 0 Å². The molecule has 1 aromatic heterocycles. The van der Waals surface area contributed by atoms with Crippen LogP contribution in [0.2, 0.25) is 5.02 Å². The minimum atomic E-state index is -0.555. The molecule has 0 unspecified atom stereocenters. The molecule has 3 rings (SSSR count). The quantitative estimate of drug-likeness (QED) is 0.582. The number of nitrogens with one attached hydrogen (secondary N) is 3. The number of halogens is 1. The number of thioether (sulfide) groups is 1. The van der Waals surface area contributed by atoms with Crippen LogP contribution in [0.15, 0.2) is 41.6 Å². The second-order valence-electron chi connectivity index (χ2n) is 5.74. The average molecular weight is 389 g/mol. The number of amides is 3. The van der Waals surface area contributed by atoms with Gasteiger partial charge >= 0.3 is 6.03 Å². The van der Waals surface area contributed by atoms with E-state index < -0.39 is 11.9 Å². The summed E-state index contributed by atoms with van der Waals surface area (Å²) >= 11 is 7.15. The number of anilines is 1. The minimum Gasteiger partial charge on any atom is -0.333 e. The lowest BCUT2D eigenvalue weighted by molar-refractivity contribution is -0.117. The van der Waals surface area contributed by atoms with Gasteiger partial charge < -0.3 is 10.3 Å². The fourth-order valence-corrected chi connectivity index (χ4v) is 3.22. The van der Waals surface area contributed by atoms with Gasteiger partial charge in [-0.3, -0.25) is 10.1 Å². The van der Waals surface area contributed by atoms with Crippen molar-refractivity contribution in [3.05, 3.63) is 52.5 Å². The summed E-state index contributed by atoms with van der Waals surface area (Å²) in [6.07, 6.45) is 0. The summed E-state index contributed by atoms with van der Waals surface area (Å²) in [4.78, 5) is 31.4. The van der Waals surface area contributed by atoms with Crippen LogP contribution in [0.1, 0.15) is 11.1 Å². The van der Waals surface area contributed by atoms with Crippen molar-refractivity contribution >= 4 is 52.0 Å². The predicted molar refractivity (Wildman–Crippen MR) is 105 cm³/mol. The summed E-state index contributed by atoms with van der Waals surface area (Å²) in [5.74, 6) is -0.343. The van der Waals surface area contributed by atoms with Gasteiger partial charge in [0.25, 0.3) is 0 Å². The normalized spacial score (nSPS) is 10.7. The zero-order valence-electron chi connectivity index (χ0n) is 14.2. The highest BCUT2D eigenvalue weighted by atomic mass is 35.5. The van der Waals surface area contributed by atoms with Crippen LogP contribution in [-0.2, 0) is 4.79 Å². The molecular weight excluding hydrogens is 372 g/mol. The maximum atomic E-state index is 12.0. The molecule has 0 atom stereocenters. The predicted octanol–water partition coefficient (Wildman–Crippen LogP) is 4.27. The molecule has 0 saturated heterocycles. The van der Waals surface area contributed by atoms with Crippen molar-refractivity contribution in [3.8, 4) is 0 Å². The number of carbonyl (C=O) groups excluding carboxylic acids is 2. The molecule has 2 aromatic carbocycles. The molecule has 0 radical (unpaired) electrons. The Kier molecular flexibility index (Phi) is 5.49. The van der Waals surface area contributed by atoms with E-state index in [2.05, 4.69) is 20.6 Å². The number of imidazole rings is 1. The van der Waals surface area contributed by atoms with Crippen LogP contribution in [0.3, 0.4) is 0 Å². The van der Waals surface area contributed by atoms with E-state index >= 15 is 0 Å². The van der Waals surface area contributed by atoms with E-state index in [0.717, 1.165) is 22.2 Å². The van der Waals surface area contributed by atoms with Gasteiger partial charge in [0.15, 0.2) is 5.16 Å². The number of carbonyl (C=O) groups is 2. The van der Waals surface area contributed by atoms with Crippen LogP contribution in [0.4, 0.5) is 10.5 Å². The van der Waals surface area contributed by atoms with Gasteiger partial charge in [-0.25, -0.2) is 9.78 Å². The number of hydrogen-bond donors (Lipinski definition) is 3.